The van der Waals surface area contributed by atoms with Crippen LogP contribution in [0.15, 0.2) is 52.1 Å². The first-order valence-corrected chi connectivity index (χ1v) is 10.0. The van der Waals surface area contributed by atoms with E-state index in [4.69, 9.17) is 4.98 Å². The predicted octanol–water partition coefficient (Wildman–Crippen LogP) is 2.71. The van der Waals surface area contributed by atoms with Crippen LogP contribution in [0, 0.1) is 6.92 Å². The van der Waals surface area contributed by atoms with E-state index in [0.717, 1.165) is 48.0 Å². The molecule has 0 saturated carbocycles. The quantitative estimate of drug-likeness (QED) is 0.564. The third-order valence-electron chi connectivity index (χ3n) is 5.91. The van der Waals surface area contributed by atoms with Crippen LogP contribution in [-0.2, 0) is 6.54 Å². The molecule has 0 amide bonds. The van der Waals surface area contributed by atoms with E-state index < -0.39 is 0 Å². The molecule has 3 heterocycles. The smallest absolute Gasteiger partial charge is 0.309 e. The molecular weight excluding hydrogens is 366 g/mol. The number of hydrogen-bond donors (Lipinski definition) is 2. The Kier molecular flexibility index (Phi) is 4.32. The highest BCUT2D eigenvalue weighted by atomic mass is 16.1. The number of H-pyrrole nitrogens is 2. The van der Waals surface area contributed by atoms with E-state index in [2.05, 4.69) is 14.9 Å². The average molecular weight is 389 g/mol. The molecule has 2 N–H and O–H groups in total. The fourth-order valence-electron chi connectivity index (χ4n) is 4.41. The fourth-order valence-corrected chi connectivity index (χ4v) is 4.41. The number of aromatic amines is 2. The Hall–Kier alpha value is -3.19. The summed E-state index contributed by atoms with van der Waals surface area (Å²) in [5.74, 6) is 0.694. The molecule has 2 aromatic heterocycles. The lowest BCUT2D eigenvalue weighted by molar-refractivity contribution is 0.176. The van der Waals surface area contributed by atoms with Gasteiger partial charge in [-0.3, -0.25) is 14.3 Å². The van der Waals surface area contributed by atoms with Crippen molar-refractivity contribution in [3.05, 3.63) is 74.7 Å². The summed E-state index contributed by atoms with van der Waals surface area (Å²) < 4.78 is 1.90. The van der Waals surface area contributed by atoms with E-state index in [9.17, 15) is 9.59 Å². The van der Waals surface area contributed by atoms with E-state index in [-0.39, 0.29) is 17.3 Å². The molecule has 29 heavy (non-hydrogen) atoms. The number of aromatic nitrogens is 4. The second-order valence-corrected chi connectivity index (χ2v) is 7.81. The monoisotopic (exact) mass is 389 g/mol. The van der Waals surface area contributed by atoms with Gasteiger partial charge in [0, 0.05) is 19.1 Å². The zero-order valence-corrected chi connectivity index (χ0v) is 16.3. The van der Waals surface area contributed by atoms with Gasteiger partial charge in [-0.05, 0) is 43.5 Å². The molecule has 0 radical (unpaired) electrons. The molecule has 1 aliphatic rings. The van der Waals surface area contributed by atoms with Gasteiger partial charge in [0.25, 0.3) is 5.56 Å². The van der Waals surface area contributed by atoms with Crippen molar-refractivity contribution < 1.29 is 0 Å². The summed E-state index contributed by atoms with van der Waals surface area (Å²) in [6, 6.07) is 13.7. The second-order valence-electron chi connectivity index (χ2n) is 7.81. The second kappa shape index (κ2) is 7.00. The van der Waals surface area contributed by atoms with Crippen molar-refractivity contribution in [2.24, 2.45) is 0 Å². The summed E-state index contributed by atoms with van der Waals surface area (Å²) in [7, 11) is 0. The van der Waals surface area contributed by atoms with Gasteiger partial charge in [-0.2, -0.15) is 0 Å². The van der Waals surface area contributed by atoms with Crippen molar-refractivity contribution in [3.8, 4) is 0 Å². The molecule has 0 bridgehead atoms. The van der Waals surface area contributed by atoms with Gasteiger partial charge in [0.1, 0.15) is 5.82 Å². The van der Waals surface area contributed by atoms with Crippen molar-refractivity contribution in [2.45, 2.75) is 32.4 Å². The van der Waals surface area contributed by atoms with Crippen molar-refractivity contribution in [3.63, 3.8) is 0 Å². The average Bonchev–Trinajstić information content (AvgIpc) is 3.05. The van der Waals surface area contributed by atoms with Crippen LogP contribution in [0.4, 0.5) is 0 Å². The summed E-state index contributed by atoms with van der Waals surface area (Å²) in [6.07, 6.45) is 1.77. The Morgan fingerprint density at radius 1 is 1.03 bits per heavy atom. The first kappa shape index (κ1) is 17.9. The van der Waals surface area contributed by atoms with Crippen LogP contribution in [0.25, 0.3) is 21.9 Å². The number of aryl methyl sites for hydroxylation is 1. The molecule has 1 aliphatic heterocycles. The highest BCUT2D eigenvalue weighted by molar-refractivity contribution is 5.80. The first-order valence-electron chi connectivity index (χ1n) is 10.0. The molecule has 1 fully saturated rings. The Morgan fingerprint density at radius 3 is 2.66 bits per heavy atom. The van der Waals surface area contributed by atoms with Gasteiger partial charge in [-0.1, -0.05) is 24.3 Å². The number of piperidine rings is 1. The molecule has 0 aliphatic carbocycles. The predicted molar refractivity (Wildman–Crippen MR) is 113 cm³/mol. The molecule has 2 aromatic carbocycles. The van der Waals surface area contributed by atoms with Gasteiger partial charge in [0.05, 0.1) is 28.5 Å². The molecule has 1 saturated heterocycles. The molecule has 0 spiro atoms. The van der Waals surface area contributed by atoms with Crippen LogP contribution in [0.3, 0.4) is 0 Å². The summed E-state index contributed by atoms with van der Waals surface area (Å²) >= 11 is 0. The molecule has 5 rings (SSSR count). The normalized spacial score (nSPS) is 16.0. The molecule has 0 atom stereocenters. The Bertz CT molecular complexity index is 1310. The van der Waals surface area contributed by atoms with Crippen LogP contribution in [0.1, 0.15) is 30.3 Å². The number of rotatable bonds is 3. The van der Waals surface area contributed by atoms with Gasteiger partial charge >= 0.3 is 5.69 Å². The topological polar surface area (TPSA) is 86.8 Å². The lowest BCUT2D eigenvalue weighted by Gasteiger charge is -2.32. The molecular formula is C22H23N5O2. The molecule has 148 valence electrons. The standard InChI is InChI=1S/C22H23N5O2/c1-14-5-4-6-16-20(14)24-19(25-21(16)28)13-26-11-9-15(10-12-26)27-18-8-3-2-7-17(18)23-22(27)29/h2-8,15H,9-13H2,1H3,(H,23,29)(H,24,25,28). The number of likely N-dealkylation sites (tertiary alicyclic amines) is 1. The lowest BCUT2D eigenvalue weighted by Crippen LogP contribution is -2.37. The highest BCUT2D eigenvalue weighted by Gasteiger charge is 2.24. The SMILES string of the molecule is Cc1cccc2c(=O)[nH]c(CN3CCC(n4c(=O)[nH]c5ccccc54)CC3)nc12. The van der Waals surface area contributed by atoms with Crippen LogP contribution >= 0.6 is 0 Å². The lowest BCUT2D eigenvalue weighted by atomic mass is 10.0. The van der Waals surface area contributed by atoms with Gasteiger partial charge in [0.15, 0.2) is 0 Å². The van der Waals surface area contributed by atoms with Gasteiger partial charge in [0.2, 0.25) is 0 Å². The van der Waals surface area contributed by atoms with Crippen molar-refractivity contribution >= 4 is 21.9 Å². The van der Waals surface area contributed by atoms with Gasteiger partial charge < -0.3 is 9.97 Å². The maximum Gasteiger partial charge on any atom is 0.326 e. The highest BCUT2D eigenvalue weighted by Crippen LogP contribution is 2.25. The number of imidazole rings is 1. The summed E-state index contributed by atoms with van der Waals surface area (Å²) in [4.78, 5) is 37.7. The van der Waals surface area contributed by atoms with Crippen LogP contribution in [-0.4, -0.2) is 37.5 Å². The third kappa shape index (κ3) is 3.17. The maximum atomic E-state index is 12.4. The fraction of sp³-hybridized carbons (Fsp3) is 0.318. The van der Waals surface area contributed by atoms with E-state index in [0.29, 0.717) is 17.8 Å². The number of para-hydroxylation sites is 3. The van der Waals surface area contributed by atoms with Crippen molar-refractivity contribution in [1.29, 1.82) is 0 Å². The van der Waals surface area contributed by atoms with E-state index >= 15 is 0 Å². The number of hydrogen-bond acceptors (Lipinski definition) is 4. The third-order valence-corrected chi connectivity index (χ3v) is 5.91. The largest absolute Gasteiger partial charge is 0.326 e. The Balaban J connectivity index is 1.34. The minimum Gasteiger partial charge on any atom is -0.309 e. The van der Waals surface area contributed by atoms with Crippen LogP contribution in [0.2, 0.25) is 0 Å². The summed E-state index contributed by atoms with van der Waals surface area (Å²) in [5, 5.41) is 0.631. The van der Waals surface area contributed by atoms with E-state index in [1.54, 1.807) is 0 Å². The number of nitrogens with zero attached hydrogens (tertiary/aromatic N) is 3. The molecule has 7 heteroatoms. The Morgan fingerprint density at radius 2 is 1.83 bits per heavy atom. The molecule has 4 aromatic rings. The van der Waals surface area contributed by atoms with Crippen molar-refractivity contribution in [1.82, 2.24) is 24.4 Å². The zero-order valence-electron chi connectivity index (χ0n) is 16.3. The van der Waals surface area contributed by atoms with Crippen LogP contribution in [0.5, 0.6) is 0 Å². The summed E-state index contributed by atoms with van der Waals surface area (Å²) in [6.45, 7) is 4.29. The number of benzene rings is 2. The molecule has 7 nitrogen and oxygen atoms in total. The number of fused-ring (bicyclic) bond motifs is 2. The minimum atomic E-state index is -0.0890. The van der Waals surface area contributed by atoms with Gasteiger partial charge in [-0.25, -0.2) is 9.78 Å². The number of nitrogens with one attached hydrogen (secondary N) is 2. The van der Waals surface area contributed by atoms with Crippen molar-refractivity contribution in [2.75, 3.05) is 13.1 Å². The van der Waals surface area contributed by atoms with E-state index in [1.165, 1.54) is 0 Å². The first-order chi connectivity index (χ1) is 14.1. The van der Waals surface area contributed by atoms with E-state index in [1.807, 2.05) is 54.0 Å². The zero-order chi connectivity index (χ0) is 20.0. The summed E-state index contributed by atoms with van der Waals surface area (Å²) in [5.41, 5.74) is 3.49. The Labute approximate surface area is 167 Å². The molecule has 0 unspecified atom stereocenters. The minimum absolute atomic E-state index is 0.0411. The maximum absolute atomic E-state index is 12.4. The van der Waals surface area contributed by atoms with Gasteiger partial charge in [-0.15, -0.1) is 0 Å². The van der Waals surface area contributed by atoms with Crippen LogP contribution < -0.4 is 11.2 Å².